The Morgan fingerprint density at radius 1 is 1.24 bits per heavy atom. The molecular formula is C14H17ClFN5. The first-order valence-corrected chi connectivity index (χ1v) is 7.01. The highest BCUT2D eigenvalue weighted by molar-refractivity contribution is 6.31. The van der Waals surface area contributed by atoms with Gasteiger partial charge in [0, 0.05) is 26.2 Å². The molecule has 7 heteroatoms. The van der Waals surface area contributed by atoms with Crippen molar-refractivity contribution in [2.75, 3.05) is 30.9 Å². The highest BCUT2D eigenvalue weighted by Crippen LogP contribution is 2.24. The van der Waals surface area contributed by atoms with Crippen LogP contribution < -0.4 is 10.2 Å². The Labute approximate surface area is 128 Å². The molecule has 0 bridgehead atoms. The van der Waals surface area contributed by atoms with Gasteiger partial charge < -0.3 is 10.2 Å². The van der Waals surface area contributed by atoms with Gasteiger partial charge in [-0.2, -0.15) is 15.0 Å². The van der Waals surface area contributed by atoms with E-state index in [-0.39, 0.29) is 5.02 Å². The third kappa shape index (κ3) is 3.78. The summed E-state index contributed by atoms with van der Waals surface area (Å²) in [5.41, 5.74) is 0.645. The average Bonchev–Trinajstić information content (AvgIpc) is 2.47. The normalized spacial score (nSPS) is 10.5. The molecule has 0 spiro atoms. The topological polar surface area (TPSA) is 53.9 Å². The molecule has 5 nitrogen and oxygen atoms in total. The largest absolute Gasteiger partial charge is 0.354 e. The molecule has 0 fully saturated rings. The van der Waals surface area contributed by atoms with Gasteiger partial charge >= 0.3 is 0 Å². The summed E-state index contributed by atoms with van der Waals surface area (Å²) in [5.74, 6) is 1.01. The maximum atomic E-state index is 13.3. The smallest absolute Gasteiger partial charge is 0.230 e. The Morgan fingerprint density at radius 3 is 2.62 bits per heavy atom. The number of halogens is 2. The Hall–Kier alpha value is -1.95. The molecular weight excluding hydrogens is 293 g/mol. The predicted octanol–water partition coefficient (Wildman–Crippen LogP) is 3.22. The summed E-state index contributed by atoms with van der Waals surface area (Å²) in [6.07, 6.45) is 0.959. The summed E-state index contributed by atoms with van der Waals surface area (Å²) in [5, 5.41) is 3.17. The van der Waals surface area contributed by atoms with Crippen LogP contribution in [0.2, 0.25) is 5.02 Å². The summed E-state index contributed by atoms with van der Waals surface area (Å²) in [4.78, 5) is 14.8. The van der Waals surface area contributed by atoms with Crippen molar-refractivity contribution < 1.29 is 4.39 Å². The lowest BCUT2D eigenvalue weighted by atomic mass is 10.2. The van der Waals surface area contributed by atoms with Crippen molar-refractivity contribution in [2.45, 2.75) is 13.3 Å². The molecule has 0 atom stereocenters. The molecule has 1 N–H and O–H groups in total. The second-order valence-corrected chi connectivity index (χ2v) is 5.14. The molecule has 112 valence electrons. The highest BCUT2D eigenvalue weighted by atomic mass is 35.5. The number of aromatic nitrogens is 3. The third-order valence-electron chi connectivity index (χ3n) is 2.73. The van der Waals surface area contributed by atoms with E-state index in [2.05, 4.69) is 27.2 Å². The minimum absolute atomic E-state index is 0.0439. The van der Waals surface area contributed by atoms with Crippen LogP contribution in [-0.4, -0.2) is 35.6 Å². The quantitative estimate of drug-likeness (QED) is 0.919. The van der Waals surface area contributed by atoms with E-state index in [1.807, 2.05) is 14.1 Å². The second kappa shape index (κ2) is 6.67. The van der Waals surface area contributed by atoms with Crippen molar-refractivity contribution in [3.8, 4) is 11.4 Å². The van der Waals surface area contributed by atoms with E-state index in [1.165, 1.54) is 12.1 Å². The van der Waals surface area contributed by atoms with Gasteiger partial charge in [-0.3, -0.25) is 0 Å². The van der Waals surface area contributed by atoms with E-state index >= 15 is 0 Å². The monoisotopic (exact) mass is 309 g/mol. The van der Waals surface area contributed by atoms with Crippen molar-refractivity contribution in [2.24, 2.45) is 0 Å². The molecule has 0 saturated heterocycles. The molecule has 1 aromatic heterocycles. The van der Waals surface area contributed by atoms with Crippen LogP contribution in [-0.2, 0) is 0 Å². The molecule has 1 aromatic carbocycles. The molecule has 0 saturated carbocycles. The summed E-state index contributed by atoms with van der Waals surface area (Å²) in [6, 6.07) is 4.41. The number of hydrogen-bond donors (Lipinski definition) is 1. The molecule has 1 heterocycles. The van der Waals surface area contributed by atoms with Crippen LogP contribution in [0, 0.1) is 5.82 Å². The van der Waals surface area contributed by atoms with Crippen molar-refractivity contribution in [3.05, 3.63) is 29.0 Å². The number of nitrogens with one attached hydrogen (secondary N) is 1. The van der Waals surface area contributed by atoms with Gasteiger partial charge in [-0.05, 0) is 24.6 Å². The molecule has 2 rings (SSSR count). The van der Waals surface area contributed by atoms with Gasteiger partial charge in [0.25, 0.3) is 0 Å². The first-order chi connectivity index (χ1) is 10.0. The summed E-state index contributed by atoms with van der Waals surface area (Å²) < 4.78 is 13.3. The van der Waals surface area contributed by atoms with Gasteiger partial charge in [-0.15, -0.1) is 0 Å². The first kappa shape index (κ1) is 15.4. The fourth-order valence-corrected chi connectivity index (χ4v) is 1.83. The Balaban J connectivity index is 2.45. The van der Waals surface area contributed by atoms with Gasteiger partial charge in [0.05, 0.1) is 5.02 Å². The average molecular weight is 310 g/mol. The third-order valence-corrected chi connectivity index (χ3v) is 3.02. The Morgan fingerprint density at radius 2 is 2.00 bits per heavy atom. The molecule has 0 radical (unpaired) electrons. The van der Waals surface area contributed by atoms with Crippen LogP contribution in [0.25, 0.3) is 11.4 Å². The molecule has 0 amide bonds. The standard InChI is InChI=1S/C14H17ClFN5/c1-4-7-17-13-18-12(19-14(20-13)21(2)3)9-5-6-11(16)10(15)8-9/h5-6,8H,4,7H2,1-3H3,(H,17,18,19,20). The maximum absolute atomic E-state index is 13.3. The molecule has 0 aliphatic heterocycles. The Bertz CT molecular complexity index is 633. The number of hydrogen-bond acceptors (Lipinski definition) is 5. The van der Waals surface area contributed by atoms with Gasteiger partial charge in [0.1, 0.15) is 5.82 Å². The first-order valence-electron chi connectivity index (χ1n) is 6.64. The van der Waals surface area contributed by atoms with E-state index in [0.717, 1.165) is 13.0 Å². The van der Waals surface area contributed by atoms with Crippen LogP contribution in [0.4, 0.5) is 16.3 Å². The lowest BCUT2D eigenvalue weighted by molar-refractivity contribution is 0.628. The zero-order chi connectivity index (χ0) is 15.4. The number of rotatable bonds is 5. The second-order valence-electron chi connectivity index (χ2n) is 4.73. The molecule has 0 aliphatic carbocycles. The minimum Gasteiger partial charge on any atom is -0.354 e. The SMILES string of the molecule is CCCNc1nc(-c2ccc(F)c(Cl)c2)nc(N(C)C)n1. The number of benzene rings is 1. The van der Waals surface area contributed by atoms with Gasteiger partial charge in [0.2, 0.25) is 11.9 Å². The van der Waals surface area contributed by atoms with Crippen LogP contribution in [0.1, 0.15) is 13.3 Å². The molecule has 21 heavy (non-hydrogen) atoms. The maximum Gasteiger partial charge on any atom is 0.230 e. The fraction of sp³-hybridized carbons (Fsp3) is 0.357. The van der Waals surface area contributed by atoms with Gasteiger partial charge in [0.15, 0.2) is 5.82 Å². The number of nitrogens with zero attached hydrogens (tertiary/aromatic N) is 4. The van der Waals surface area contributed by atoms with Gasteiger partial charge in [-0.1, -0.05) is 18.5 Å². The summed E-state index contributed by atoms with van der Waals surface area (Å²) in [6.45, 7) is 2.82. The van der Waals surface area contributed by atoms with E-state index < -0.39 is 5.82 Å². The minimum atomic E-state index is -0.466. The van der Waals surface area contributed by atoms with Crippen molar-refractivity contribution in [1.82, 2.24) is 15.0 Å². The van der Waals surface area contributed by atoms with Crippen LogP contribution in [0.5, 0.6) is 0 Å². The van der Waals surface area contributed by atoms with Gasteiger partial charge in [-0.25, -0.2) is 4.39 Å². The number of anilines is 2. The highest BCUT2D eigenvalue weighted by Gasteiger charge is 2.11. The molecule has 0 aliphatic rings. The zero-order valence-corrected chi connectivity index (χ0v) is 12.9. The van der Waals surface area contributed by atoms with E-state index in [4.69, 9.17) is 11.6 Å². The van der Waals surface area contributed by atoms with E-state index in [9.17, 15) is 4.39 Å². The summed E-state index contributed by atoms with van der Waals surface area (Å²) >= 11 is 5.82. The lowest BCUT2D eigenvalue weighted by Gasteiger charge is -2.13. The van der Waals surface area contributed by atoms with Crippen molar-refractivity contribution >= 4 is 23.5 Å². The van der Waals surface area contributed by atoms with Crippen molar-refractivity contribution in [3.63, 3.8) is 0 Å². The van der Waals surface area contributed by atoms with E-state index in [0.29, 0.717) is 23.3 Å². The van der Waals surface area contributed by atoms with Crippen molar-refractivity contribution in [1.29, 1.82) is 0 Å². The van der Waals surface area contributed by atoms with Crippen LogP contribution >= 0.6 is 11.6 Å². The van der Waals surface area contributed by atoms with E-state index in [1.54, 1.807) is 11.0 Å². The Kier molecular flexibility index (Phi) is 4.90. The van der Waals surface area contributed by atoms with Crippen LogP contribution in [0.3, 0.4) is 0 Å². The predicted molar refractivity (Wildman–Crippen MR) is 83.3 cm³/mol. The van der Waals surface area contributed by atoms with Crippen LogP contribution in [0.15, 0.2) is 18.2 Å². The summed E-state index contributed by atoms with van der Waals surface area (Å²) in [7, 11) is 3.70. The zero-order valence-electron chi connectivity index (χ0n) is 12.2. The molecule has 0 unspecified atom stereocenters. The lowest BCUT2D eigenvalue weighted by Crippen LogP contribution is -2.16. The molecule has 2 aromatic rings. The fourth-order valence-electron chi connectivity index (χ4n) is 1.64.